The Morgan fingerprint density at radius 2 is 2.08 bits per heavy atom. The molecule has 5 nitrogen and oxygen atoms in total. The first kappa shape index (κ1) is 17.2. The van der Waals surface area contributed by atoms with E-state index in [1.807, 2.05) is 13.0 Å². The Hall–Kier alpha value is -1.66. The number of anilines is 1. The summed E-state index contributed by atoms with van der Waals surface area (Å²) < 4.78 is 13.8. The monoisotopic (exact) mass is 334 g/mol. The van der Waals surface area contributed by atoms with E-state index in [0.717, 1.165) is 56.8 Å². The molecule has 0 aromatic heterocycles. The molecule has 1 aromatic carbocycles. The van der Waals surface area contributed by atoms with E-state index in [-0.39, 0.29) is 23.8 Å². The highest BCUT2D eigenvalue weighted by molar-refractivity contribution is 5.82. The maximum Gasteiger partial charge on any atom is 0.237 e. The van der Waals surface area contributed by atoms with E-state index in [1.54, 1.807) is 6.07 Å². The molecular formula is C18H27FN4O. The molecule has 1 amide bonds. The molecular weight excluding hydrogens is 307 g/mol. The van der Waals surface area contributed by atoms with Gasteiger partial charge in [0.2, 0.25) is 5.91 Å². The fourth-order valence-corrected chi connectivity index (χ4v) is 3.51. The Balaban J connectivity index is 1.75. The van der Waals surface area contributed by atoms with Crippen LogP contribution in [0.15, 0.2) is 18.2 Å². The number of benzene rings is 1. The van der Waals surface area contributed by atoms with Gasteiger partial charge in [-0.2, -0.15) is 0 Å². The van der Waals surface area contributed by atoms with Gasteiger partial charge in [-0.3, -0.25) is 4.79 Å². The van der Waals surface area contributed by atoms with E-state index in [0.29, 0.717) is 0 Å². The third kappa shape index (κ3) is 3.87. The van der Waals surface area contributed by atoms with E-state index in [1.165, 1.54) is 6.07 Å². The fraction of sp³-hybridized carbons (Fsp3) is 0.611. The lowest BCUT2D eigenvalue weighted by Crippen LogP contribution is -2.45. The highest BCUT2D eigenvalue weighted by atomic mass is 19.1. The summed E-state index contributed by atoms with van der Waals surface area (Å²) >= 11 is 0. The highest BCUT2D eigenvalue weighted by Crippen LogP contribution is 2.28. The number of halogens is 1. The van der Waals surface area contributed by atoms with Crippen molar-refractivity contribution in [3.8, 4) is 0 Å². The standard InChI is InChI=1S/C18H27FN4O/c1-13(21-18(24)16-4-3-7-20-16)15-12-14(19)5-6-17(15)23-10-8-22(2)9-11-23/h5-6,12-13,16,20H,3-4,7-11H2,1-2H3,(H,21,24). The van der Waals surface area contributed by atoms with Crippen molar-refractivity contribution in [3.05, 3.63) is 29.6 Å². The highest BCUT2D eigenvalue weighted by Gasteiger charge is 2.25. The number of rotatable bonds is 4. The molecule has 0 saturated carbocycles. The van der Waals surface area contributed by atoms with Gasteiger partial charge in [0.1, 0.15) is 5.82 Å². The molecule has 2 heterocycles. The summed E-state index contributed by atoms with van der Waals surface area (Å²) in [5.74, 6) is -0.253. The van der Waals surface area contributed by atoms with Crippen molar-refractivity contribution in [2.24, 2.45) is 0 Å². The molecule has 1 aromatic rings. The Kier molecular flexibility index (Phi) is 5.36. The molecule has 2 aliphatic rings. The van der Waals surface area contributed by atoms with Crippen LogP contribution in [0.3, 0.4) is 0 Å². The summed E-state index contributed by atoms with van der Waals surface area (Å²) in [6.07, 6.45) is 1.89. The fourth-order valence-electron chi connectivity index (χ4n) is 3.51. The van der Waals surface area contributed by atoms with Crippen LogP contribution in [0.2, 0.25) is 0 Å². The Bertz CT molecular complexity index is 580. The van der Waals surface area contributed by atoms with Crippen molar-refractivity contribution in [1.29, 1.82) is 0 Å². The minimum atomic E-state index is -0.261. The number of amides is 1. The van der Waals surface area contributed by atoms with Gasteiger partial charge in [0, 0.05) is 37.4 Å². The smallest absolute Gasteiger partial charge is 0.237 e. The average Bonchev–Trinajstić information content (AvgIpc) is 3.10. The lowest BCUT2D eigenvalue weighted by atomic mass is 10.0. The molecule has 3 rings (SSSR count). The van der Waals surface area contributed by atoms with Gasteiger partial charge >= 0.3 is 0 Å². The quantitative estimate of drug-likeness (QED) is 0.876. The van der Waals surface area contributed by atoms with Crippen LogP contribution in [0.1, 0.15) is 31.4 Å². The van der Waals surface area contributed by atoms with Crippen LogP contribution < -0.4 is 15.5 Å². The van der Waals surface area contributed by atoms with Gasteiger partial charge in [0.05, 0.1) is 12.1 Å². The van der Waals surface area contributed by atoms with Gasteiger partial charge in [-0.15, -0.1) is 0 Å². The molecule has 2 unspecified atom stereocenters. The molecule has 132 valence electrons. The maximum absolute atomic E-state index is 13.8. The first-order valence-corrected chi connectivity index (χ1v) is 8.81. The molecule has 2 fully saturated rings. The lowest BCUT2D eigenvalue weighted by Gasteiger charge is -2.36. The van der Waals surface area contributed by atoms with Gasteiger partial charge < -0.3 is 20.4 Å². The largest absolute Gasteiger partial charge is 0.369 e. The van der Waals surface area contributed by atoms with Gasteiger partial charge in [-0.05, 0) is 51.6 Å². The average molecular weight is 334 g/mol. The van der Waals surface area contributed by atoms with E-state index < -0.39 is 0 Å². The van der Waals surface area contributed by atoms with Crippen LogP contribution in [0.25, 0.3) is 0 Å². The molecule has 0 aliphatic carbocycles. The summed E-state index contributed by atoms with van der Waals surface area (Å²) in [7, 11) is 2.11. The van der Waals surface area contributed by atoms with E-state index in [2.05, 4.69) is 27.5 Å². The van der Waals surface area contributed by atoms with Gasteiger partial charge in [0.25, 0.3) is 0 Å². The van der Waals surface area contributed by atoms with Crippen molar-refractivity contribution >= 4 is 11.6 Å². The number of carbonyl (C=O) groups excluding carboxylic acids is 1. The second-order valence-corrected chi connectivity index (χ2v) is 6.87. The first-order valence-electron chi connectivity index (χ1n) is 8.81. The molecule has 2 N–H and O–H groups in total. The first-order chi connectivity index (χ1) is 11.5. The zero-order valence-electron chi connectivity index (χ0n) is 14.5. The van der Waals surface area contributed by atoms with Gasteiger partial charge in [-0.1, -0.05) is 0 Å². The number of hydrogen-bond donors (Lipinski definition) is 2. The molecule has 2 saturated heterocycles. The predicted molar refractivity (Wildman–Crippen MR) is 93.7 cm³/mol. The number of carbonyl (C=O) groups is 1. The van der Waals surface area contributed by atoms with E-state index >= 15 is 0 Å². The molecule has 0 spiro atoms. The van der Waals surface area contributed by atoms with Crippen molar-refractivity contribution < 1.29 is 9.18 Å². The zero-order chi connectivity index (χ0) is 17.1. The Labute approximate surface area is 143 Å². The van der Waals surface area contributed by atoms with Crippen LogP contribution in [0.4, 0.5) is 10.1 Å². The van der Waals surface area contributed by atoms with Crippen molar-refractivity contribution in [2.75, 3.05) is 44.7 Å². The predicted octanol–water partition coefficient (Wildman–Crippen LogP) is 1.51. The zero-order valence-corrected chi connectivity index (χ0v) is 14.5. The molecule has 0 bridgehead atoms. The number of hydrogen-bond acceptors (Lipinski definition) is 4. The van der Waals surface area contributed by atoms with Crippen LogP contribution in [-0.2, 0) is 4.79 Å². The summed E-state index contributed by atoms with van der Waals surface area (Å²) in [5.41, 5.74) is 1.88. The topological polar surface area (TPSA) is 47.6 Å². The van der Waals surface area contributed by atoms with Crippen LogP contribution >= 0.6 is 0 Å². The van der Waals surface area contributed by atoms with Crippen LogP contribution in [0.5, 0.6) is 0 Å². The molecule has 24 heavy (non-hydrogen) atoms. The summed E-state index contributed by atoms with van der Waals surface area (Å²) in [4.78, 5) is 16.9. The summed E-state index contributed by atoms with van der Waals surface area (Å²) in [6, 6.07) is 4.57. The second-order valence-electron chi connectivity index (χ2n) is 6.87. The minimum absolute atomic E-state index is 0.00795. The molecule has 2 atom stereocenters. The van der Waals surface area contributed by atoms with Crippen LogP contribution in [0, 0.1) is 5.82 Å². The van der Waals surface area contributed by atoms with Crippen LogP contribution in [-0.4, -0.2) is 56.6 Å². The third-order valence-electron chi connectivity index (χ3n) is 5.04. The third-order valence-corrected chi connectivity index (χ3v) is 5.04. The van der Waals surface area contributed by atoms with Crippen molar-refractivity contribution in [3.63, 3.8) is 0 Å². The Morgan fingerprint density at radius 3 is 2.75 bits per heavy atom. The summed E-state index contributed by atoms with van der Waals surface area (Å²) in [5, 5.41) is 6.25. The lowest BCUT2D eigenvalue weighted by molar-refractivity contribution is -0.123. The molecule has 2 aliphatic heterocycles. The second kappa shape index (κ2) is 7.49. The molecule has 0 radical (unpaired) electrons. The van der Waals surface area contributed by atoms with Crippen molar-refractivity contribution in [1.82, 2.24) is 15.5 Å². The normalized spacial score (nSPS) is 23.3. The number of piperazine rings is 1. The number of nitrogens with one attached hydrogen (secondary N) is 2. The molecule has 6 heteroatoms. The number of nitrogens with zero attached hydrogens (tertiary/aromatic N) is 2. The van der Waals surface area contributed by atoms with E-state index in [4.69, 9.17) is 0 Å². The van der Waals surface area contributed by atoms with Crippen molar-refractivity contribution in [2.45, 2.75) is 31.8 Å². The SMILES string of the molecule is CC(NC(=O)C1CCCN1)c1cc(F)ccc1N1CCN(C)CC1. The van der Waals surface area contributed by atoms with E-state index in [9.17, 15) is 9.18 Å². The minimum Gasteiger partial charge on any atom is -0.369 e. The van der Waals surface area contributed by atoms with Gasteiger partial charge in [0.15, 0.2) is 0 Å². The van der Waals surface area contributed by atoms with Gasteiger partial charge in [-0.25, -0.2) is 4.39 Å². The number of likely N-dealkylation sites (N-methyl/N-ethyl adjacent to an activating group) is 1. The maximum atomic E-state index is 13.8. The Morgan fingerprint density at radius 1 is 1.33 bits per heavy atom. The summed E-state index contributed by atoms with van der Waals surface area (Å²) in [6.45, 7) is 6.63.